The molecule has 0 aliphatic heterocycles. The van der Waals surface area contributed by atoms with Gasteiger partial charge in [-0.25, -0.2) is 0 Å². The third kappa shape index (κ3) is 3.53. The molecule has 0 heterocycles. The van der Waals surface area contributed by atoms with Crippen LogP contribution in [0.5, 0.6) is 0 Å². The molecule has 4 saturated carbocycles. The van der Waals surface area contributed by atoms with Gasteiger partial charge in [-0.3, -0.25) is 0 Å². The van der Waals surface area contributed by atoms with Gasteiger partial charge in [0.1, 0.15) is 6.61 Å². The van der Waals surface area contributed by atoms with Crippen LogP contribution in [0.3, 0.4) is 0 Å². The molecule has 0 aromatic rings. The van der Waals surface area contributed by atoms with Crippen molar-refractivity contribution in [2.45, 2.75) is 77.7 Å². The van der Waals surface area contributed by atoms with E-state index in [9.17, 15) is 5.11 Å². The first-order valence-corrected chi connectivity index (χ1v) is 11.8. The minimum absolute atomic E-state index is 0.0524. The summed E-state index contributed by atoms with van der Waals surface area (Å²) < 4.78 is 0. The number of fused-ring (bicyclic) bond motifs is 5. The molecule has 4 aliphatic carbocycles. The van der Waals surface area contributed by atoms with Gasteiger partial charge in [0.25, 0.3) is 0 Å². The monoisotopic (exact) mass is 390 g/mol. The molecule has 4 fully saturated rings. The summed E-state index contributed by atoms with van der Waals surface area (Å²) >= 11 is 0. The number of hydrogen-bond acceptors (Lipinski definition) is 4. The fourth-order valence-electron chi connectivity index (χ4n) is 7.80. The highest BCUT2D eigenvalue weighted by atomic mass is 16.6. The van der Waals surface area contributed by atoms with E-state index in [1.807, 2.05) is 0 Å². The van der Waals surface area contributed by atoms with Crippen LogP contribution in [-0.4, -0.2) is 49.6 Å². The molecule has 0 radical (unpaired) electrons. The summed E-state index contributed by atoms with van der Waals surface area (Å²) in [5.74, 6) is 3.94. The molecule has 4 unspecified atom stereocenters. The predicted molar refractivity (Wildman–Crippen MR) is 114 cm³/mol. The number of aliphatic hydroxyl groups is 1. The van der Waals surface area contributed by atoms with Crippen molar-refractivity contribution in [2.75, 3.05) is 27.2 Å². The molecule has 0 amide bonds. The molecule has 0 aromatic heterocycles. The van der Waals surface area contributed by atoms with Crippen LogP contribution in [0.25, 0.3) is 0 Å². The smallest absolute Gasteiger partial charge is 0.129 e. The molecule has 0 aromatic carbocycles. The van der Waals surface area contributed by atoms with Crippen molar-refractivity contribution in [1.82, 2.24) is 4.90 Å². The fraction of sp³-hybridized carbons (Fsp3) is 0.958. The summed E-state index contributed by atoms with van der Waals surface area (Å²) in [5.41, 5.74) is 0.714. The van der Waals surface area contributed by atoms with Gasteiger partial charge in [-0.1, -0.05) is 19.0 Å². The van der Waals surface area contributed by atoms with Crippen molar-refractivity contribution in [1.29, 1.82) is 0 Å². The van der Waals surface area contributed by atoms with Crippen LogP contribution in [0.2, 0.25) is 0 Å². The molecule has 160 valence electrons. The highest BCUT2D eigenvalue weighted by Gasteiger charge is 2.59. The summed E-state index contributed by atoms with van der Waals surface area (Å²) in [5, 5.41) is 14.9. The van der Waals surface area contributed by atoms with Crippen molar-refractivity contribution in [2.24, 2.45) is 45.6 Å². The lowest BCUT2D eigenvalue weighted by atomic mass is 9.44. The Balaban J connectivity index is 1.37. The summed E-state index contributed by atoms with van der Waals surface area (Å²) in [6.45, 7) is 6.60. The maximum atomic E-state index is 10.6. The normalized spacial score (nSPS) is 48.4. The second kappa shape index (κ2) is 7.91. The van der Waals surface area contributed by atoms with E-state index in [0.717, 1.165) is 36.6 Å². The van der Waals surface area contributed by atoms with Crippen molar-refractivity contribution in [3.8, 4) is 0 Å². The lowest BCUT2D eigenvalue weighted by Gasteiger charge is -2.60. The third-order valence-electron chi connectivity index (χ3n) is 9.63. The molecule has 4 heteroatoms. The number of hydrogen-bond donors (Lipinski definition) is 1. The SMILES string of the molecule is CN(C)CCO/N=C/[C@H]1CC[C@@]2(C)C(CCC3C2CC[C@@]2(C)C3CC[C@@H]2O)C1. The summed E-state index contributed by atoms with van der Waals surface area (Å²) in [7, 11) is 4.12. The summed E-state index contributed by atoms with van der Waals surface area (Å²) in [4.78, 5) is 7.59. The van der Waals surface area contributed by atoms with E-state index in [0.29, 0.717) is 17.9 Å². The zero-order valence-electron chi connectivity index (χ0n) is 18.6. The molecule has 0 bridgehead atoms. The Kier molecular flexibility index (Phi) is 5.83. The Hall–Kier alpha value is -0.610. The van der Waals surface area contributed by atoms with Crippen molar-refractivity contribution < 1.29 is 9.94 Å². The van der Waals surface area contributed by atoms with Crippen LogP contribution in [-0.2, 0) is 4.84 Å². The van der Waals surface area contributed by atoms with Gasteiger partial charge < -0.3 is 14.8 Å². The molecule has 4 rings (SSSR count). The second-order valence-corrected chi connectivity index (χ2v) is 11.2. The van der Waals surface area contributed by atoms with E-state index in [1.165, 1.54) is 51.4 Å². The van der Waals surface area contributed by atoms with Crippen LogP contribution in [0.4, 0.5) is 0 Å². The van der Waals surface area contributed by atoms with Crippen LogP contribution in [0.15, 0.2) is 5.16 Å². The summed E-state index contributed by atoms with van der Waals surface area (Å²) in [6.07, 6.45) is 13.6. The van der Waals surface area contributed by atoms with Gasteiger partial charge in [0.05, 0.1) is 6.10 Å². The molecule has 0 spiro atoms. The Bertz CT molecular complexity index is 579. The number of nitrogens with zero attached hydrogens (tertiary/aromatic N) is 2. The minimum Gasteiger partial charge on any atom is -0.395 e. The zero-order chi connectivity index (χ0) is 19.9. The third-order valence-corrected chi connectivity index (χ3v) is 9.63. The zero-order valence-corrected chi connectivity index (χ0v) is 18.6. The Morgan fingerprint density at radius 2 is 1.75 bits per heavy atom. The van der Waals surface area contributed by atoms with Gasteiger partial charge in [0.15, 0.2) is 0 Å². The molecule has 8 atom stereocenters. The van der Waals surface area contributed by atoms with E-state index in [-0.39, 0.29) is 11.5 Å². The Labute approximate surface area is 172 Å². The van der Waals surface area contributed by atoms with Gasteiger partial charge in [-0.15, -0.1) is 0 Å². The van der Waals surface area contributed by atoms with E-state index in [1.54, 1.807) is 0 Å². The molecule has 4 nitrogen and oxygen atoms in total. The van der Waals surface area contributed by atoms with Crippen LogP contribution >= 0.6 is 0 Å². The van der Waals surface area contributed by atoms with E-state index in [4.69, 9.17) is 4.84 Å². The predicted octanol–water partition coefficient (Wildman–Crippen LogP) is 4.57. The van der Waals surface area contributed by atoms with Crippen molar-refractivity contribution in [3.05, 3.63) is 0 Å². The van der Waals surface area contributed by atoms with E-state index in [2.05, 4.69) is 44.2 Å². The Morgan fingerprint density at radius 3 is 2.54 bits per heavy atom. The van der Waals surface area contributed by atoms with Crippen LogP contribution in [0.1, 0.15) is 71.6 Å². The Morgan fingerprint density at radius 1 is 1.00 bits per heavy atom. The van der Waals surface area contributed by atoms with Crippen LogP contribution < -0.4 is 0 Å². The quantitative estimate of drug-likeness (QED) is 0.425. The highest BCUT2D eigenvalue weighted by Crippen LogP contribution is 2.66. The number of rotatable bonds is 5. The van der Waals surface area contributed by atoms with Gasteiger partial charge >= 0.3 is 0 Å². The topological polar surface area (TPSA) is 45.1 Å². The molecular weight excluding hydrogens is 348 g/mol. The van der Waals surface area contributed by atoms with Crippen LogP contribution in [0, 0.1) is 40.4 Å². The number of likely N-dealkylation sites (N-methyl/N-ethyl adjacent to an activating group) is 1. The second-order valence-electron chi connectivity index (χ2n) is 11.2. The number of oxime groups is 1. The first-order chi connectivity index (χ1) is 13.3. The van der Waals surface area contributed by atoms with Gasteiger partial charge in [-0.2, -0.15) is 0 Å². The molecule has 4 aliphatic rings. The number of aliphatic hydroxyl groups excluding tert-OH is 1. The van der Waals surface area contributed by atoms with E-state index < -0.39 is 0 Å². The van der Waals surface area contributed by atoms with Crippen molar-refractivity contribution >= 4 is 6.21 Å². The lowest BCUT2D eigenvalue weighted by Crippen LogP contribution is -2.54. The first kappa shape index (κ1) is 20.7. The van der Waals surface area contributed by atoms with Gasteiger partial charge in [0, 0.05) is 12.8 Å². The maximum absolute atomic E-state index is 10.6. The molecule has 0 saturated heterocycles. The molecule has 1 N–H and O–H groups in total. The molecule has 28 heavy (non-hydrogen) atoms. The van der Waals surface area contributed by atoms with Gasteiger partial charge in [0.2, 0.25) is 0 Å². The molecular formula is C24H42N2O2. The maximum Gasteiger partial charge on any atom is 0.129 e. The summed E-state index contributed by atoms with van der Waals surface area (Å²) in [6, 6.07) is 0. The fourth-order valence-corrected chi connectivity index (χ4v) is 7.80. The lowest BCUT2D eigenvalue weighted by molar-refractivity contribution is -0.123. The average molecular weight is 391 g/mol. The van der Waals surface area contributed by atoms with E-state index >= 15 is 0 Å². The highest BCUT2D eigenvalue weighted by molar-refractivity contribution is 5.60. The van der Waals surface area contributed by atoms with Crippen molar-refractivity contribution in [3.63, 3.8) is 0 Å². The first-order valence-electron chi connectivity index (χ1n) is 11.8. The standard InChI is InChI=1S/C24H42N2O2/c1-23-11-9-17(16-25-28-14-13-26(3)4)15-18(23)5-6-19-20-7-8-22(27)24(20,2)12-10-21(19)23/h16-22,27H,5-15H2,1-4H3/b25-16+/t17-,18?,19?,20?,21?,22-,23-,24-/m0/s1. The average Bonchev–Trinajstić information content (AvgIpc) is 2.96. The largest absolute Gasteiger partial charge is 0.395 e. The van der Waals surface area contributed by atoms with Gasteiger partial charge in [-0.05, 0) is 112 Å². The minimum atomic E-state index is -0.0524.